The number of hydrogen-bond acceptors (Lipinski definition) is 6. The minimum Gasteiger partial charge on any atom is -0.492 e. The fourth-order valence-corrected chi connectivity index (χ4v) is 5.56. The maximum Gasteiger partial charge on any atom is 0.345 e. The van der Waals surface area contributed by atoms with Gasteiger partial charge in [-0.2, -0.15) is 4.41 Å². The van der Waals surface area contributed by atoms with Gasteiger partial charge in [0.25, 0.3) is 0 Å². The molecule has 1 aliphatic rings. The van der Waals surface area contributed by atoms with E-state index in [2.05, 4.69) is 27.7 Å². The molecule has 4 unspecified atom stereocenters. The first kappa shape index (κ1) is 36.1. The molecule has 4 atom stereocenters. The van der Waals surface area contributed by atoms with E-state index in [4.69, 9.17) is 15.2 Å². The molecule has 45 heavy (non-hydrogen) atoms. The van der Waals surface area contributed by atoms with Crippen molar-refractivity contribution in [1.29, 1.82) is 0 Å². The molecule has 0 saturated heterocycles. The third kappa shape index (κ3) is 11.5. The summed E-state index contributed by atoms with van der Waals surface area (Å²) in [4.78, 5) is 11.7. The summed E-state index contributed by atoms with van der Waals surface area (Å²) >= 11 is 0. The fourth-order valence-electron chi connectivity index (χ4n) is 4.51. The Bertz CT molecular complexity index is 1400. The molecule has 8 nitrogen and oxygen atoms in total. The second-order valence-electron chi connectivity index (χ2n) is 12.3. The Balaban J connectivity index is 0.000000257. The van der Waals surface area contributed by atoms with Crippen molar-refractivity contribution >= 4 is 17.0 Å². The number of rotatable bonds is 13. The van der Waals surface area contributed by atoms with Gasteiger partial charge in [-0.15, -0.1) is 0 Å². The molecule has 0 amide bonds. The number of benzene rings is 3. The number of hydrazine groups is 1. The van der Waals surface area contributed by atoms with Crippen molar-refractivity contribution in [3.8, 4) is 11.5 Å². The van der Waals surface area contributed by atoms with Gasteiger partial charge in [0.05, 0.1) is 4.90 Å². The first-order valence-corrected chi connectivity index (χ1v) is 16.0. The van der Waals surface area contributed by atoms with Gasteiger partial charge >= 0.3 is 5.97 Å². The van der Waals surface area contributed by atoms with Crippen molar-refractivity contribution in [1.82, 2.24) is 9.42 Å². The van der Waals surface area contributed by atoms with Crippen molar-refractivity contribution < 1.29 is 32.4 Å². The third-order valence-corrected chi connectivity index (χ3v) is 8.94. The average Bonchev–Trinajstić information content (AvgIpc) is 3.68. The molecular weight excluding hydrogens is 600 g/mol. The van der Waals surface area contributed by atoms with E-state index in [-0.39, 0.29) is 16.7 Å². The van der Waals surface area contributed by atoms with Gasteiger partial charge in [-0.25, -0.2) is 22.8 Å². The highest BCUT2D eigenvalue weighted by Gasteiger charge is 2.34. The van der Waals surface area contributed by atoms with Crippen LogP contribution in [0.2, 0.25) is 0 Å². The number of hydrogen-bond donors (Lipinski definition) is 2. The minimum atomic E-state index is -1.60. The monoisotopic (exact) mass is 645 g/mol. The molecule has 3 aromatic rings. The van der Waals surface area contributed by atoms with Gasteiger partial charge in [0.1, 0.15) is 40.7 Å². The zero-order valence-corrected chi connectivity index (χ0v) is 27.7. The molecule has 1 saturated carbocycles. The Morgan fingerprint density at radius 3 is 2.07 bits per heavy atom. The molecule has 1 fully saturated rings. The normalized spacial score (nSPS) is 17.3. The first-order valence-electron chi connectivity index (χ1n) is 14.9. The molecule has 3 aromatic carbocycles. The standard InChI is InChI=1S/C21H27NO4.C13H18F2N2OS/c1-21(2,3)16-6-10-18(11-7-16)26-19(20(23)24)14-15-4-8-17(9-5-15)25-13-12-22;1-9-4-10(9)8-16(2)17(3)19(18)13-6-11(14)5-12(15)7-13/h4-11,19H,12-14,22H2,1-3H3,(H,23,24);5-7,9-10H,4,8H2,1-3H3. The zero-order valence-electron chi connectivity index (χ0n) is 26.8. The predicted molar refractivity (Wildman–Crippen MR) is 172 cm³/mol. The quantitative estimate of drug-likeness (QED) is 0.226. The topological polar surface area (TPSA) is 105 Å². The lowest BCUT2D eigenvalue weighted by atomic mass is 9.87. The Morgan fingerprint density at radius 2 is 1.58 bits per heavy atom. The highest BCUT2D eigenvalue weighted by atomic mass is 32.2. The summed E-state index contributed by atoms with van der Waals surface area (Å²) in [6.07, 6.45) is 0.499. The molecule has 0 spiro atoms. The molecule has 4 rings (SSSR count). The lowest BCUT2D eigenvalue weighted by molar-refractivity contribution is -0.145. The van der Waals surface area contributed by atoms with Crippen LogP contribution >= 0.6 is 0 Å². The number of aliphatic carboxylic acids is 1. The van der Waals surface area contributed by atoms with E-state index in [1.807, 2.05) is 60.6 Å². The highest BCUT2D eigenvalue weighted by Crippen LogP contribution is 2.38. The van der Waals surface area contributed by atoms with Gasteiger partial charge in [0, 0.05) is 39.7 Å². The molecule has 11 heteroatoms. The Kier molecular flexibility index (Phi) is 13.0. The molecule has 1 aliphatic carbocycles. The van der Waals surface area contributed by atoms with Gasteiger partial charge in [0.2, 0.25) is 0 Å². The van der Waals surface area contributed by atoms with E-state index >= 15 is 0 Å². The number of nitrogens with two attached hydrogens (primary N) is 1. The van der Waals surface area contributed by atoms with Crippen molar-refractivity contribution in [3.63, 3.8) is 0 Å². The third-order valence-electron chi connectivity index (χ3n) is 7.54. The lowest BCUT2D eigenvalue weighted by Gasteiger charge is -2.27. The maximum atomic E-state index is 13.1. The molecule has 246 valence electrons. The SMILES string of the molecule is CC(C)(C)c1ccc(OC(Cc2ccc(OCCN)cc2)C(=O)O)cc1.CC1CC1CN(C)N(C)S(=O)c1cc(F)cc(F)c1. The van der Waals surface area contributed by atoms with Crippen molar-refractivity contribution in [2.45, 2.75) is 57.0 Å². The molecular formula is C34H45F2N3O5S. The van der Waals surface area contributed by atoms with Gasteiger partial charge in [-0.05, 0) is 71.2 Å². The Hall–Kier alpha value is -3.38. The van der Waals surface area contributed by atoms with Crippen LogP contribution in [0.1, 0.15) is 45.2 Å². The van der Waals surface area contributed by atoms with Crippen LogP contribution in [0.25, 0.3) is 0 Å². The Morgan fingerprint density at radius 1 is 1.02 bits per heavy atom. The average molecular weight is 646 g/mol. The van der Waals surface area contributed by atoms with Crippen molar-refractivity contribution in [2.75, 3.05) is 33.8 Å². The maximum absolute atomic E-state index is 13.1. The van der Waals surface area contributed by atoms with Crippen LogP contribution in [0.15, 0.2) is 71.6 Å². The summed E-state index contributed by atoms with van der Waals surface area (Å²) in [5.41, 5.74) is 7.48. The molecule has 0 radical (unpaired) electrons. The van der Waals surface area contributed by atoms with Crippen LogP contribution in [-0.4, -0.2) is 64.6 Å². The largest absolute Gasteiger partial charge is 0.492 e. The molecule has 0 aliphatic heterocycles. The predicted octanol–water partition coefficient (Wildman–Crippen LogP) is 5.82. The summed E-state index contributed by atoms with van der Waals surface area (Å²) in [7, 11) is 1.89. The van der Waals surface area contributed by atoms with Gasteiger partial charge in [0.15, 0.2) is 6.10 Å². The highest BCUT2D eigenvalue weighted by molar-refractivity contribution is 7.82. The number of nitrogens with zero attached hydrogens (tertiary/aromatic N) is 2. The number of ether oxygens (including phenoxy) is 2. The van der Waals surface area contributed by atoms with E-state index in [1.54, 1.807) is 7.05 Å². The second kappa shape index (κ2) is 16.3. The van der Waals surface area contributed by atoms with Crippen LogP contribution < -0.4 is 15.2 Å². The van der Waals surface area contributed by atoms with Crippen LogP contribution in [0.3, 0.4) is 0 Å². The van der Waals surface area contributed by atoms with E-state index in [0.717, 1.165) is 30.3 Å². The van der Waals surface area contributed by atoms with Crippen LogP contribution in [-0.2, 0) is 27.6 Å². The molecule has 0 heterocycles. The number of carboxylic acid groups (broad SMARTS) is 1. The van der Waals surface area contributed by atoms with E-state index in [1.165, 1.54) is 16.4 Å². The summed E-state index contributed by atoms with van der Waals surface area (Å²) in [5, 5.41) is 11.3. The fraction of sp³-hybridized carbons (Fsp3) is 0.441. The number of carbonyl (C=O) groups is 1. The van der Waals surface area contributed by atoms with Gasteiger partial charge in [-0.3, -0.25) is 0 Å². The Labute approximate surface area is 267 Å². The van der Waals surface area contributed by atoms with E-state index in [9.17, 15) is 22.9 Å². The second-order valence-corrected chi connectivity index (χ2v) is 13.8. The van der Waals surface area contributed by atoms with Crippen molar-refractivity contribution in [2.24, 2.45) is 17.6 Å². The number of halogens is 2. The van der Waals surface area contributed by atoms with E-state index < -0.39 is 34.7 Å². The molecule has 0 aromatic heterocycles. The lowest BCUT2D eigenvalue weighted by Crippen LogP contribution is -2.39. The summed E-state index contributed by atoms with van der Waals surface area (Å²) < 4.78 is 51.1. The summed E-state index contributed by atoms with van der Waals surface area (Å²) in [6.45, 7) is 10.3. The minimum absolute atomic E-state index is 0.0401. The van der Waals surface area contributed by atoms with Crippen LogP contribution in [0.4, 0.5) is 8.78 Å². The van der Waals surface area contributed by atoms with E-state index in [0.29, 0.717) is 36.5 Å². The zero-order chi connectivity index (χ0) is 33.3. The van der Waals surface area contributed by atoms with Crippen LogP contribution in [0, 0.1) is 23.5 Å². The molecule has 3 N–H and O–H groups in total. The first-order chi connectivity index (χ1) is 21.2. The number of carboxylic acids is 1. The van der Waals surface area contributed by atoms with Gasteiger partial charge in [-0.1, -0.05) is 52.0 Å². The van der Waals surface area contributed by atoms with Crippen LogP contribution in [0.5, 0.6) is 11.5 Å². The summed E-state index contributed by atoms with van der Waals surface area (Å²) in [5.74, 6) is 0.168. The van der Waals surface area contributed by atoms with Crippen molar-refractivity contribution in [3.05, 3.63) is 89.5 Å². The summed E-state index contributed by atoms with van der Waals surface area (Å²) in [6, 6.07) is 17.9. The molecule has 0 bridgehead atoms. The van der Waals surface area contributed by atoms with Gasteiger partial charge < -0.3 is 20.3 Å². The smallest absolute Gasteiger partial charge is 0.345 e.